The minimum Gasteiger partial charge on any atom is -0.294 e. The molecule has 1 aliphatic rings. The molecule has 0 bridgehead atoms. The number of rotatable bonds is 1. The Bertz CT molecular complexity index is 113. The van der Waals surface area contributed by atoms with E-state index in [-0.39, 0.29) is 0 Å². The molecule has 9 heavy (non-hydrogen) atoms. The molecule has 0 aromatic heterocycles. The van der Waals surface area contributed by atoms with Crippen LogP contribution in [0, 0.1) is 0 Å². The smallest absolute Gasteiger partial charge is 0.234 e. The van der Waals surface area contributed by atoms with E-state index in [0.717, 1.165) is 24.6 Å². The zero-order chi connectivity index (χ0) is 6.69. The van der Waals surface area contributed by atoms with Crippen molar-refractivity contribution in [2.75, 3.05) is 24.6 Å². The minimum atomic E-state index is -1.73. The van der Waals surface area contributed by atoms with Gasteiger partial charge in [-0.25, -0.2) is 4.21 Å². The number of hydrogen-bond donors (Lipinski definition) is 1. The van der Waals surface area contributed by atoms with E-state index in [4.69, 9.17) is 4.55 Å². The maximum absolute atomic E-state index is 10.4. The van der Waals surface area contributed by atoms with Gasteiger partial charge in [0.15, 0.2) is 0 Å². The van der Waals surface area contributed by atoms with E-state index in [2.05, 4.69) is 0 Å². The van der Waals surface area contributed by atoms with Crippen LogP contribution in [0.15, 0.2) is 0 Å². The molecule has 1 N–H and O–H groups in total. The summed E-state index contributed by atoms with van der Waals surface area (Å²) in [5.41, 5.74) is 0. The van der Waals surface area contributed by atoms with Crippen molar-refractivity contribution in [3.8, 4) is 0 Å². The standard InChI is InChI=1S/C4H9NO2S2/c6-9(7)5-1-3-8-4-2-5/h1-4H2,(H,6,7). The molecule has 1 atom stereocenters. The van der Waals surface area contributed by atoms with Crippen molar-refractivity contribution in [2.24, 2.45) is 0 Å². The largest absolute Gasteiger partial charge is 0.294 e. The highest BCUT2D eigenvalue weighted by Crippen LogP contribution is 2.09. The summed E-state index contributed by atoms with van der Waals surface area (Å²) in [7, 11) is 0. The summed E-state index contributed by atoms with van der Waals surface area (Å²) in [6, 6.07) is 0. The van der Waals surface area contributed by atoms with Crippen molar-refractivity contribution in [3.63, 3.8) is 0 Å². The van der Waals surface area contributed by atoms with Gasteiger partial charge in [-0.1, -0.05) is 0 Å². The molecular weight excluding hydrogens is 158 g/mol. The number of nitrogens with zero attached hydrogens (tertiary/aromatic N) is 1. The van der Waals surface area contributed by atoms with Crippen LogP contribution in [-0.4, -0.2) is 37.7 Å². The Morgan fingerprint density at radius 2 is 2.00 bits per heavy atom. The van der Waals surface area contributed by atoms with E-state index in [1.54, 1.807) is 4.31 Å². The summed E-state index contributed by atoms with van der Waals surface area (Å²) in [5.74, 6) is 1.96. The molecule has 0 radical (unpaired) electrons. The van der Waals surface area contributed by atoms with E-state index < -0.39 is 11.3 Å². The van der Waals surface area contributed by atoms with Crippen molar-refractivity contribution in [1.82, 2.24) is 4.31 Å². The maximum atomic E-state index is 10.4. The van der Waals surface area contributed by atoms with E-state index >= 15 is 0 Å². The number of thioether (sulfide) groups is 1. The van der Waals surface area contributed by atoms with Gasteiger partial charge in [-0.2, -0.15) is 16.1 Å². The molecule has 1 aliphatic heterocycles. The Morgan fingerprint density at radius 1 is 1.44 bits per heavy atom. The lowest BCUT2D eigenvalue weighted by molar-refractivity contribution is 0.425. The van der Waals surface area contributed by atoms with Gasteiger partial charge >= 0.3 is 0 Å². The predicted molar refractivity (Wildman–Crippen MR) is 39.7 cm³/mol. The van der Waals surface area contributed by atoms with E-state index in [1.807, 2.05) is 11.8 Å². The lowest BCUT2D eigenvalue weighted by Gasteiger charge is -2.21. The molecule has 5 heteroatoms. The quantitative estimate of drug-likeness (QED) is 0.566. The fraction of sp³-hybridized carbons (Fsp3) is 1.00. The maximum Gasteiger partial charge on any atom is 0.234 e. The summed E-state index contributed by atoms with van der Waals surface area (Å²) in [5, 5.41) is 0. The van der Waals surface area contributed by atoms with Gasteiger partial charge in [0, 0.05) is 24.6 Å². The van der Waals surface area contributed by atoms with Crippen LogP contribution < -0.4 is 0 Å². The first-order chi connectivity index (χ1) is 4.30. The normalized spacial score (nSPS) is 25.9. The third-order valence-corrected chi connectivity index (χ3v) is 2.94. The fourth-order valence-corrected chi connectivity index (χ4v) is 2.33. The van der Waals surface area contributed by atoms with Crippen LogP contribution >= 0.6 is 11.8 Å². The van der Waals surface area contributed by atoms with Crippen molar-refractivity contribution in [1.29, 1.82) is 0 Å². The predicted octanol–water partition coefficient (Wildman–Crippen LogP) is 0.172. The SMILES string of the molecule is O=S(O)N1CCSCC1. The van der Waals surface area contributed by atoms with Gasteiger partial charge in [-0.3, -0.25) is 4.55 Å². The molecule has 1 rings (SSSR count). The molecule has 0 amide bonds. The second-order valence-electron chi connectivity index (χ2n) is 1.77. The summed E-state index contributed by atoms with van der Waals surface area (Å²) < 4.78 is 20.5. The molecule has 1 saturated heterocycles. The third-order valence-electron chi connectivity index (χ3n) is 1.19. The van der Waals surface area contributed by atoms with Crippen LogP contribution in [0.4, 0.5) is 0 Å². The van der Waals surface area contributed by atoms with Crippen molar-refractivity contribution in [3.05, 3.63) is 0 Å². The second-order valence-corrected chi connectivity index (χ2v) is 3.97. The molecule has 1 unspecified atom stereocenters. The first-order valence-electron chi connectivity index (χ1n) is 2.74. The summed E-state index contributed by atoms with van der Waals surface area (Å²) >= 11 is 0.0968. The zero-order valence-corrected chi connectivity index (χ0v) is 6.58. The summed E-state index contributed by atoms with van der Waals surface area (Å²) in [6.45, 7) is 1.49. The summed E-state index contributed by atoms with van der Waals surface area (Å²) in [6.07, 6.45) is 0. The van der Waals surface area contributed by atoms with Gasteiger partial charge in [-0.05, 0) is 0 Å². The molecule has 0 spiro atoms. The Labute approximate surface area is 61.2 Å². The lowest BCUT2D eigenvalue weighted by Crippen LogP contribution is -2.33. The molecule has 0 saturated carbocycles. The van der Waals surface area contributed by atoms with Gasteiger partial charge in [0.05, 0.1) is 0 Å². The molecular formula is C4H9NO2S2. The highest BCUT2D eigenvalue weighted by molar-refractivity contribution is 7.99. The Hall–Kier alpha value is 0.420. The average Bonchev–Trinajstić information content (AvgIpc) is 1.90. The van der Waals surface area contributed by atoms with Gasteiger partial charge in [0.2, 0.25) is 11.3 Å². The molecule has 0 aromatic rings. The van der Waals surface area contributed by atoms with Gasteiger partial charge in [0.25, 0.3) is 0 Å². The van der Waals surface area contributed by atoms with Gasteiger partial charge < -0.3 is 0 Å². The monoisotopic (exact) mass is 167 g/mol. The van der Waals surface area contributed by atoms with Gasteiger partial charge in [0.1, 0.15) is 0 Å². The van der Waals surface area contributed by atoms with Crippen LogP contribution in [0.5, 0.6) is 0 Å². The molecule has 3 nitrogen and oxygen atoms in total. The molecule has 1 fully saturated rings. The second kappa shape index (κ2) is 3.55. The van der Waals surface area contributed by atoms with Crippen molar-refractivity contribution >= 4 is 23.0 Å². The third kappa shape index (κ3) is 2.25. The van der Waals surface area contributed by atoms with Gasteiger partial charge in [-0.15, -0.1) is 0 Å². The highest BCUT2D eigenvalue weighted by Gasteiger charge is 2.13. The van der Waals surface area contributed by atoms with Crippen LogP contribution in [0.25, 0.3) is 0 Å². The van der Waals surface area contributed by atoms with Crippen LogP contribution in [0.1, 0.15) is 0 Å². The van der Waals surface area contributed by atoms with Crippen LogP contribution in [-0.2, 0) is 11.3 Å². The van der Waals surface area contributed by atoms with E-state index in [1.165, 1.54) is 0 Å². The van der Waals surface area contributed by atoms with E-state index in [9.17, 15) is 4.21 Å². The molecule has 0 aliphatic carbocycles. The molecule has 0 aromatic carbocycles. The van der Waals surface area contributed by atoms with Crippen LogP contribution in [0.2, 0.25) is 0 Å². The Balaban J connectivity index is 2.31. The topological polar surface area (TPSA) is 40.5 Å². The number of hydrogen-bond acceptors (Lipinski definition) is 2. The first-order valence-corrected chi connectivity index (χ1v) is 4.96. The Morgan fingerprint density at radius 3 is 2.33 bits per heavy atom. The van der Waals surface area contributed by atoms with Crippen molar-refractivity contribution in [2.45, 2.75) is 0 Å². The van der Waals surface area contributed by atoms with Crippen molar-refractivity contribution < 1.29 is 8.76 Å². The molecule has 54 valence electrons. The minimum absolute atomic E-state index is 0.744. The van der Waals surface area contributed by atoms with E-state index in [0.29, 0.717) is 0 Å². The Kier molecular flexibility index (Phi) is 2.97. The lowest BCUT2D eigenvalue weighted by atomic mass is 10.6. The molecule has 1 heterocycles. The highest BCUT2D eigenvalue weighted by atomic mass is 32.2. The summed E-state index contributed by atoms with van der Waals surface area (Å²) in [4.78, 5) is 0. The van der Waals surface area contributed by atoms with Crippen LogP contribution in [0.3, 0.4) is 0 Å². The average molecular weight is 167 g/mol. The zero-order valence-electron chi connectivity index (χ0n) is 4.95. The first kappa shape index (κ1) is 7.53. The fourth-order valence-electron chi connectivity index (χ4n) is 0.703.